The molecule has 0 spiro atoms. The first-order valence-electron chi connectivity index (χ1n) is 5.12. The fourth-order valence-electron chi connectivity index (χ4n) is 1.31. The van der Waals surface area contributed by atoms with Gasteiger partial charge in [0.05, 0.1) is 11.4 Å². The van der Waals surface area contributed by atoms with Crippen LogP contribution >= 0.6 is 11.8 Å². The van der Waals surface area contributed by atoms with E-state index in [1.54, 1.807) is 23.9 Å². The van der Waals surface area contributed by atoms with Crippen LogP contribution < -0.4 is 16.2 Å². The summed E-state index contributed by atoms with van der Waals surface area (Å²) in [4.78, 5) is 0.00412. The lowest BCUT2D eigenvalue weighted by Gasteiger charge is -2.11. The summed E-state index contributed by atoms with van der Waals surface area (Å²) in [5.74, 6) is 3.92. The van der Waals surface area contributed by atoms with Crippen molar-refractivity contribution in [3.8, 4) is 12.3 Å². The van der Waals surface area contributed by atoms with Gasteiger partial charge >= 0.3 is 0 Å². The van der Waals surface area contributed by atoms with Crippen LogP contribution in [0.5, 0.6) is 0 Å². The Morgan fingerprint density at radius 2 is 2.17 bits per heavy atom. The zero-order chi connectivity index (χ0) is 13.6. The molecule has 1 rings (SSSR count). The maximum Gasteiger partial charge on any atom is 0.240 e. The lowest BCUT2D eigenvalue weighted by Crippen LogP contribution is -2.16. The second-order valence-corrected chi connectivity index (χ2v) is 6.12. The Hall–Kier alpha value is -1.36. The van der Waals surface area contributed by atoms with Crippen molar-refractivity contribution < 1.29 is 8.42 Å². The molecular weight excluding hydrogens is 270 g/mol. The molecule has 98 valence electrons. The van der Waals surface area contributed by atoms with Crippen LogP contribution in [0.4, 0.5) is 11.4 Å². The minimum atomic E-state index is -3.78. The first-order chi connectivity index (χ1) is 8.45. The summed E-state index contributed by atoms with van der Waals surface area (Å²) < 4.78 is 22.8. The molecule has 0 aromatic heterocycles. The van der Waals surface area contributed by atoms with Crippen molar-refractivity contribution in [3.63, 3.8) is 0 Å². The quantitative estimate of drug-likeness (QED) is 0.406. The van der Waals surface area contributed by atoms with Crippen LogP contribution in [0.3, 0.4) is 0 Å². The van der Waals surface area contributed by atoms with E-state index in [9.17, 15) is 8.42 Å². The molecule has 0 atom stereocenters. The van der Waals surface area contributed by atoms with Crippen molar-refractivity contribution in [2.75, 3.05) is 29.1 Å². The van der Waals surface area contributed by atoms with Crippen molar-refractivity contribution in [1.29, 1.82) is 0 Å². The van der Waals surface area contributed by atoms with E-state index in [0.717, 1.165) is 5.75 Å². The van der Waals surface area contributed by atoms with E-state index >= 15 is 0 Å². The van der Waals surface area contributed by atoms with E-state index in [-0.39, 0.29) is 4.90 Å². The molecular formula is C11H15N3O2S2. The number of nitrogens with two attached hydrogens (primary N) is 2. The summed E-state index contributed by atoms with van der Waals surface area (Å²) in [6.45, 7) is 0.596. The van der Waals surface area contributed by atoms with Crippen LogP contribution in [0.2, 0.25) is 0 Å². The molecule has 1 aromatic rings. The van der Waals surface area contributed by atoms with Gasteiger partial charge in [0.2, 0.25) is 10.0 Å². The van der Waals surface area contributed by atoms with E-state index in [0.29, 0.717) is 23.7 Å². The fraction of sp³-hybridized carbons (Fsp3) is 0.273. The van der Waals surface area contributed by atoms with Gasteiger partial charge in [0, 0.05) is 18.0 Å². The Bertz CT molecular complexity index is 550. The summed E-state index contributed by atoms with van der Waals surface area (Å²) >= 11 is 1.58. The Morgan fingerprint density at radius 3 is 2.78 bits per heavy atom. The molecule has 0 saturated heterocycles. The fourth-order valence-corrected chi connectivity index (χ4v) is 2.57. The monoisotopic (exact) mass is 285 g/mol. The van der Waals surface area contributed by atoms with Gasteiger partial charge in [0.1, 0.15) is 4.90 Å². The van der Waals surface area contributed by atoms with Gasteiger partial charge in [-0.15, -0.1) is 18.2 Å². The normalized spacial score (nSPS) is 10.9. The number of benzene rings is 1. The van der Waals surface area contributed by atoms with Gasteiger partial charge < -0.3 is 11.1 Å². The van der Waals surface area contributed by atoms with Crippen molar-refractivity contribution in [3.05, 3.63) is 18.2 Å². The highest BCUT2D eigenvalue weighted by Gasteiger charge is 2.13. The predicted octanol–water partition coefficient (Wildman–Crippen LogP) is 0.695. The second-order valence-electron chi connectivity index (χ2n) is 3.48. The molecule has 0 unspecified atom stereocenters. The van der Waals surface area contributed by atoms with Gasteiger partial charge in [-0.3, -0.25) is 0 Å². The molecule has 0 aliphatic rings. The number of terminal acetylenes is 1. The van der Waals surface area contributed by atoms with Gasteiger partial charge in [-0.2, -0.15) is 0 Å². The van der Waals surface area contributed by atoms with Gasteiger partial charge in [0.15, 0.2) is 0 Å². The number of primary sulfonamides is 1. The van der Waals surface area contributed by atoms with Crippen LogP contribution in [-0.2, 0) is 10.0 Å². The number of rotatable bonds is 6. The first-order valence-corrected chi connectivity index (χ1v) is 7.82. The van der Waals surface area contributed by atoms with Crippen LogP contribution in [0.1, 0.15) is 0 Å². The number of hydrogen-bond acceptors (Lipinski definition) is 5. The highest BCUT2D eigenvalue weighted by Crippen LogP contribution is 2.22. The van der Waals surface area contributed by atoms with Crippen molar-refractivity contribution >= 4 is 33.2 Å². The topological polar surface area (TPSA) is 98.2 Å². The number of thioether (sulfide) groups is 1. The van der Waals surface area contributed by atoms with Gasteiger partial charge in [-0.1, -0.05) is 5.92 Å². The van der Waals surface area contributed by atoms with E-state index in [4.69, 9.17) is 17.3 Å². The number of nitrogens with one attached hydrogen (secondary N) is 1. The van der Waals surface area contributed by atoms with E-state index < -0.39 is 10.0 Å². The lowest BCUT2D eigenvalue weighted by molar-refractivity contribution is 0.598. The number of hydrogen-bond donors (Lipinski definition) is 3. The Morgan fingerprint density at radius 1 is 1.44 bits per heavy atom. The van der Waals surface area contributed by atoms with Crippen LogP contribution in [-0.4, -0.2) is 26.5 Å². The molecule has 0 radical (unpaired) electrons. The molecule has 7 heteroatoms. The maximum absolute atomic E-state index is 11.4. The summed E-state index contributed by atoms with van der Waals surface area (Å²) in [6, 6.07) is 4.55. The van der Waals surface area contributed by atoms with E-state index in [1.807, 2.05) is 0 Å². The second kappa shape index (κ2) is 6.54. The standard InChI is InChI=1S/C11H15N3O2S2/c1-2-6-17-7-5-14-10-4-3-9(12)8-11(10)18(13,15)16/h1,3-4,8,14H,5-7,12H2,(H2,13,15,16). The summed E-state index contributed by atoms with van der Waals surface area (Å²) in [5.41, 5.74) is 6.35. The van der Waals surface area contributed by atoms with Crippen LogP contribution in [0.25, 0.3) is 0 Å². The van der Waals surface area contributed by atoms with Crippen molar-refractivity contribution in [2.24, 2.45) is 5.14 Å². The zero-order valence-corrected chi connectivity index (χ0v) is 11.4. The third kappa shape index (κ3) is 4.49. The van der Waals surface area contributed by atoms with Gasteiger partial charge in [-0.05, 0) is 18.2 Å². The Labute approximate surface area is 111 Å². The smallest absolute Gasteiger partial charge is 0.240 e. The van der Waals surface area contributed by atoms with Crippen LogP contribution in [0.15, 0.2) is 23.1 Å². The summed E-state index contributed by atoms with van der Waals surface area (Å²) in [5, 5.41) is 8.13. The zero-order valence-electron chi connectivity index (χ0n) is 9.72. The maximum atomic E-state index is 11.4. The molecule has 5 nitrogen and oxygen atoms in total. The molecule has 0 amide bonds. The molecule has 0 aliphatic carbocycles. The lowest BCUT2D eigenvalue weighted by atomic mass is 10.3. The summed E-state index contributed by atoms with van der Waals surface area (Å²) in [6.07, 6.45) is 5.12. The highest BCUT2D eigenvalue weighted by molar-refractivity contribution is 7.99. The molecule has 18 heavy (non-hydrogen) atoms. The molecule has 0 fully saturated rings. The minimum Gasteiger partial charge on any atom is -0.399 e. The number of sulfonamides is 1. The third-order valence-corrected chi connectivity index (χ3v) is 3.87. The molecule has 5 N–H and O–H groups in total. The minimum absolute atomic E-state index is 0.00412. The van der Waals surface area contributed by atoms with Gasteiger partial charge in [-0.25, -0.2) is 13.6 Å². The Balaban J connectivity index is 2.74. The molecule has 1 aromatic carbocycles. The average molecular weight is 285 g/mol. The van der Waals surface area contributed by atoms with Crippen molar-refractivity contribution in [2.45, 2.75) is 4.90 Å². The van der Waals surface area contributed by atoms with E-state index in [1.165, 1.54) is 6.07 Å². The molecule has 0 bridgehead atoms. The van der Waals surface area contributed by atoms with Gasteiger partial charge in [0.25, 0.3) is 0 Å². The summed E-state index contributed by atoms with van der Waals surface area (Å²) in [7, 11) is -3.78. The van der Waals surface area contributed by atoms with E-state index in [2.05, 4.69) is 11.2 Å². The average Bonchev–Trinajstić information content (AvgIpc) is 2.29. The molecule has 0 aliphatic heterocycles. The Kier molecular flexibility index (Phi) is 5.34. The molecule has 0 saturated carbocycles. The molecule has 0 heterocycles. The predicted molar refractivity (Wildman–Crippen MR) is 76.9 cm³/mol. The largest absolute Gasteiger partial charge is 0.399 e. The van der Waals surface area contributed by atoms with Crippen molar-refractivity contribution in [1.82, 2.24) is 0 Å². The third-order valence-electron chi connectivity index (χ3n) is 2.06. The number of anilines is 2. The van der Waals surface area contributed by atoms with Crippen LogP contribution in [0, 0.1) is 12.3 Å². The first kappa shape index (κ1) is 14.7. The highest BCUT2D eigenvalue weighted by atomic mass is 32.2. The SMILES string of the molecule is C#CCSCCNc1ccc(N)cc1S(N)(=O)=O. The number of nitrogen functional groups attached to an aromatic ring is 1.